The van der Waals surface area contributed by atoms with Gasteiger partial charge in [-0.1, -0.05) is 218 Å². The third-order valence-electron chi connectivity index (χ3n) is 9.71. The molecule has 1 rings (SSSR count). The van der Waals surface area contributed by atoms with Crippen LogP contribution in [-0.2, 0) is 6.54 Å². The maximum atomic E-state index is 11.9. The third-order valence-corrected chi connectivity index (χ3v) is 9.71. The highest BCUT2D eigenvalue weighted by atomic mass is 16.3. The minimum atomic E-state index is -0.117. The van der Waals surface area contributed by atoms with E-state index in [1.165, 1.54) is 199 Å². The summed E-state index contributed by atoms with van der Waals surface area (Å²) in [6.07, 6.45) is 45.5. The van der Waals surface area contributed by atoms with Gasteiger partial charge in [0.25, 0.3) is 0 Å². The van der Waals surface area contributed by atoms with Crippen molar-refractivity contribution in [3.05, 3.63) is 29.8 Å². The first kappa shape index (κ1) is 42.3. The van der Waals surface area contributed by atoms with Gasteiger partial charge < -0.3 is 15.7 Å². The third kappa shape index (κ3) is 30.9. The average molecular weight is 643 g/mol. The summed E-state index contributed by atoms with van der Waals surface area (Å²) in [5.74, 6) is 0.245. The molecule has 3 N–H and O–H groups in total. The number of benzene rings is 1. The number of hydrogen-bond acceptors (Lipinski definition) is 2. The molecule has 0 aliphatic heterocycles. The summed E-state index contributed by atoms with van der Waals surface area (Å²) in [5.41, 5.74) is 0.981. The second-order valence-corrected chi connectivity index (χ2v) is 14.2. The molecule has 0 fully saturated rings. The van der Waals surface area contributed by atoms with Gasteiger partial charge in [-0.25, -0.2) is 4.79 Å². The molecule has 4 heteroatoms. The normalized spacial score (nSPS) is 11.2. The number of urea groups is 1. The number of amides is 2. The average Bonchev–Trinajstić information content (AvgIpc) is 3.06. The first-order chi connectivity index (χ1) is 22.7. The lowest BCUT2D eigenvalue weighted by Crippen LogP contribution is -2.35. The molecule has 1 aromatic carbocycles. The molecule has 0 radical (unpaired) electrons. The number of hydrogen-bond donors (Lipinski definition) is 3. The van der Waals surface area contributed by atoms with E-state index in [1.54, 1.807) is 12.1 Å². The van der Waals surface area contributed by atoms with Crippen molar-refractivity contribution in [3.63, 3.8) is 0 Å². The van der Waals surface area contributed by atoms with Gasteiger partial charge in [-0.3, -0.25) is 0 Å². The van der Waals surface area contributed by atoms with E-state index >= 15 is 0 Å². The fraction of sp³-hybridized carbons (Fsp3) is 0.833. The molecule has 0 bridgehead atoms. The van der Waals surface area contributed by atoms with Crippen LogP contribution in [-0.4, -0.2) is 17.7 Å². The summed E-state index contributed by atoms with van der Waals surface area (Å²) >= 11 is 0. The first-order valence-electron chi connectivity index (χ1n) is 20.5. The van der Waals surface area contributed by atoms with Gasteiger partial charge in [-0.15, -0.1) is 0 Å². The molecular formula is C42H78N2O2. The fourth-order valence-corrected chi connectivity index (χ4v) is 6.56. The van der Waals surface area contributed by atoms with E-state index in [0.717, 1.165) is 18.5 Å². The molecule has 268 valence electrons. The molecular weight excluding hydrogens is 564 g/mol. The van der Waals surface area contributed by atoms with Crippen LogP contribution in [0.2, 0.25) is 0 Å². The van der Waals surface area contributed by atoms with Crippen molar-refractivity contribution in [3.8, 4) is 5.75 Å². The summed E-state index contributed by atoms with van der Waals surface area (Å²) < 4.78 is 0. The Hall–Kier alpha value is -1.71. The van der Waals surface area contributed by atoms with Crippen molar-refractivity contribution >= 4 is 6.03 Å². The van der Waals surface area contributed by atoms with E-state index in [1.807, 2.05) is 12.1 Å². The Morgan fingerprint density at radius 1 is 0.435 bits per heavy atom. The molecule has 0 saturated carbocycles. The molecule has 0 heterocycles. The van der Waals surface area contributed by atoms with E-state index in [4.69, 9.17) is 0 Å². The lowest BCUT2D eigenvalue weighted by molar-refractivity contribution is 0.240. The number of unbranched alkanes of at least 4 members (excludes halogenated alkanes) is 31. The Balaban J connectivity index is 1.65. The molecule has 2 amide bonds. The van der Waals surface area contributed by atoms with E-state index in [9.17, 15) is 9.90 Å². The van der Waals surface area contributed by atoms with E-state index in [2.05, 4.69) is 17.6 Å². The van der Waals surface area contributed by atoms with Crippen molar-refractivity contribution in [1.82, 2.24) is 10.6 Å². The molecule has 0 spiro atoms. The van der Waals surface area contributed by atoms with E-state index in [-0.39, 0.29) is 11.8 Å². The van der Waals surface area contributed by atoms with E-state index in [0.29, 0.717) is 6.54 Å². The fourth-order valence-electron chi connectivity index (χ4n) is 6.56. The SMILES string of the molecule is CCCCCCCCCCCCCCCCCCCCCCCCCCCCCCCCCCNC(=O)NCc1ccc(O)cc1. The van der Waals surface area contributed by atoms with Crippen molar-refractivity contribution in [1.29, 1.82) is 0 Å². The van der Waals surface area contributed by atoms with Crippen molar-refractivity contribution < 1.29 is 9.90 Å². The zero-order valence-corrected chi connectivity index (χ0v) is 30.7. The molecule has 0 aliphatic carbocycles. The Bertz CT molecular complexity index is 751. The molecule has 0 unspecified atom stereocenters. The van der Waals surface area contributed by atoms with Gasteiger partial charge in [0.2, 0.25) is 0 Å². The summed E-state index contributed by atoms with van der Waals surface area (Å²) in [6, 6.07) is 6.80. The minimum Gasteiger partial charge on any atom is -0.508 e. The minimum absolute atomic E-state index is 0.117. The van der Waals surface area contributed by atoms with Crippen molar-refractivity contribution in [2.24, 2.45) is 0 Å². The Morgan fingerprint density at radius 2 is 0.717 bits per heavy atom. The van der Waals surface area contributed by atoms with Crippen LogP contribution >= 0.6 is 0 Å². The lowest BCUT2D eigenvalue weighted by atomic mass is 10.0. The second-order valence-electron chi connectivity index (χ2n) is 14.2. The molecule has 4 nitrogen and oxygen atoms in total. The largest absolute Gasteiger partial charge is 0.508 e. The Morgan fingerprint density at radius 3 is 1.02 bits per heavy atom. The molecule has 0 aliphatic rings. The molecule has 46 heavy (non-hydrogen) atoms. The Labute approximate surface area is 287 Å². The molecule has 1 aromatic rings. The van der Waals surface area contributed by atoms with E-state index < -0.39 is 0 Å². The van der Waals surface area contributed by atoms with Crippen LogP contribution in [0.5, 0.6) is 5.75 Å². The van der Waals surface area contributed by atoms with Gasteiger partial charge in [-0.2, -0.15) is 0 Å². The number of carbonyl (C=O) groups is 1. The highest BCUT2D eigenvalue weighted by molar-refractivity contribution is 5.73. The van der Waals surface area contributed by atoms with Gasteiger partial charge in [0.15, 0.2) is 0 Å². The van der Waals surface area contributed by atoms with Crippen LogP contribution in [0.15, 0.2) is 24.3 Å². The number of phenolic OH excluding ortho intramolecular Hbond substituents is 1. The number of phenols is 1. The summed E-state index contributed by atoms with van der Waals surface area (Å²) in [5, 5.41) is 15.1. The van der Waals surface area contributed by atoms with Crippen LogP contribution in [0.4, 0.5) is 4.79 Å². The topological polar surface area (TPSA) is 61.4 Å². The Kier molecular flexibility index (Phi) is 31.8. The maximum absolute atomic E-state index is 11.9. The number of nitrogens with one attached hydrogen (secondary N) is 2. The summed E-state index contributed by atoms with van der Waals surface area (Å²) in [4.78, 5) is 11.9. The highest BCUT2D eigenvalue weighted by Crippen LogP contribution is 2.17. The molecule has 0 aromatic heterocycles. The first-order valence-corrected chi connectivity index (χ1v) is 20.5. The van der Waals surface area contributed by atoms with Gasteiger partial charge in [0, 0.05) is 13.1 Å². The quantitative estimate of drug-likeness (QED) is 0.0645. The zero-order valence-electron chi connectivity index (χ0n) is 30.7. The van der Waals surface area contributed by atoms with Crippen LogP contribution in [0.25, 0.3) is 0 Å². The number of carbonyl (C=O) groups excluding carboxylic acids is 1. The second kappa shape index (κ2) is 34.6. The number of aromatic hydroxyl groups is 1. The van der Waals surface area contributed by atoms with Crippen LogP contribution in [0.1, 0.15) is 218 Å². The van der Waals surface area contributed by atoms with Gasteiger partial charge >= 0.3 is 6.03 Å². The van der Waals surface area contributed by atoms with Gasteiger partial charge in [0.05, 0.1) is 0 Å². The maximum Gasteiger partial charge on any atom is 0.315 e. The van der Waals surface area contributed by atoms with Gasteiger partial charge in [0.1, 0.15) is 5.75 Å². The van der Waals surface area contributed by atoms with Crippen LogP contribution in [0, 0.1) is 0 Å². The molecule has 0 saturated heterocycles. The monoisotopic (exact) mass is 643 g/mol. The predicted octanol–water partition coefficient (Wildman–Crippen LogP) is 13.7. The summed E-state index contributed by atoms with van der Waals surface area (Å²) in [7, 11) is 0. The van der Waals surface area contributed by atoms with Crippen molar-refractivity contribution in [2.75, 3.05) is 6.54 Å². The summed E-state index contributed by atoms with van der Waals surface area (Å²) in [6.45, 7) is 3.52. The lowest BCUT2D eigenvalue weighted by Gasteiger charge is -2.08. The van der Waals surface area contributed by atoms with Crippen LogP contribution in [0.3, 0.4) is 0 Å². The predicted molar refractivity (Wildman–Crippen MR) is 202 cm³/mol. The standard InChI is InChI=1S/C42H78N2O2/c1-2-3-4-5-6-7-8-9-10-11-12-13-14-15-16-17-18-19-20-21-22-23-24-25-26-27-28-29-30-31-32-33-38-43-42(46)44-39-40-34-36-41(45)37-35-40/h34-37,45H,2-33,38-39H2,1H3,(H2,43,44,46). The highest BCUT2D eigenvalue weighted by Gasteiger charge is 2.01. The van der Waals surface area contributed by atoms with Crippen LogP contribution < -0.4 is 10.6 Å². The number of rotatable bonds is 35. The van der Waals surface area contributed by atoms with Crippen molar-refractivity contribution in [2.45, 2.75) is 219 Å². The smallest absolute Gasteiger partial charge is 0.315 e. The zero-order chi connectivity index (χ0) is 33.0. The van der Waals surface area contributed by atoms with Gasteiger partial charge in [-0.05, 0) is 24.1 Å². The molecule has 0 atom stereocenters.